The van der Waals surface area contributed by atoms with Gasteiger partial charge in [-0.15, -0.1) is 0 Å². The summed E-state index contributed by atoms with van der Waals surface area (Å²) in [6.45, 7) is -0.355. The van der Waals surface area contributed by atoms with Crippen LogP contribution < -0.4 is 24.3 Å². The summed E-state index contributed by atoms with van der Waals surface area (Å²) in [5, 5.41) is 13.5. The fourth-order valence-corrected chi connectivity index (χ4v) is 2.15. The van der Waals surface area contributed by atoms with Crippen LogP contribution in [0.15, 0.2) is 36.4 Å². The average molecular weight is 362 g/mol. The fraction of sp³-hybridized carbons (Fsp3) is 0.235. The standard InChI is InChI=1S/C17H18N2O7/c1-23-13-6-4-11(8-15(13)25-3)18-17(20)10-26-16-9-12(19(21)22)5-7-14(16)24-2/h4-9H,10H2,1-3H3,(H,18,20). The van der Waals surface area contributed by atoms with Gasteiger partial charge in [0.25, 0.3) is 11.6 Å². The lowest BCUT2D eigenvalue weighted by Crippen LogP contribution is -2.20. The Bertz CT molecular complexity index is 808. The van der Waals surface area contributed by atoms with Gasteiger partial charge in [-0.2, -0.15) is 0 Å². The van der Waals surface area contributed by atoms with E-state index in [0.717, 1.165) is 0 Å². The minimum absolute atomic E-state index is 0.101. The maximum atomic E-state index is 12.1. The molecule has 1 amide bonds. The van der Waals surface area contributed by atoms with Crippen molar-refractivity contribution in [2.75, 3.05) is 33.3 Å². The number of hydrogen-bond acceptors (Lipinski definition) is 7. The number of anilines is 1. The number of benzene rings is 2. The molecule has 0 aliphatic rings. The second-order valence-corrected chi connectivity index (χ2v) is 5.00. The molecular formula is C17H18N2O7. The second-order valence-electron chi connectivity index (χ2n) is 5.00. The average Bonchev–Trinajstić information content (AvgIpc) is 2.65. The smallest absolute Gasteiger partial charge is 0.273 e. The minimum Gasteiger partial charge on any atom is -0.493 e. The molecule has 0 fully saturated rings. The van der Waals surface area contributed by atoms with Crippen LogP contribution in [-0.2, 0) is 4.79 Å². The Morgan fingerprint density at radius 1 is 0.962 bits per heavy atom. The van der Waals surface area contributed by atoms with Crippen LogP contribution >= 0.6 is 0 Å². The quantitative estimate of drug-likeness (QED) is 0.568. The number of carbonyl (C=O) groups excluding carboxylic acids is 1. The Morgan fingerprint density at radius 3 is 2.19 bits per heavy atom. The number of amides is 1. The molecule has 2 rings (SSSR count). The highest BCUT2D eigenvalue weighted by Crippen LogP contribution is 2.31. The molecule has 0 aliphatic heterocycles. The summed E-state index contributed by atoms with van der Waals surface area (Å²) >= 11 is 0. The van der Waals surface area contributed by atoms with Crippen molar-refractivity contribution < 1.29 is 28.7 Å². The number of nitro benzene ring substituents is 1. The molecule has 9 heteroatoms. The SMILES string of the molecule is COc1ccc(NC(=O)COc2cc([N+](=O)[O-])ccc2OC)cc1OC. The predicted octanol–water partition coefficient (Wildman–Crippen LogP) is 2.64. The van der Waals surface area contributed by atoms with E-state index in [2.05, 4.69) is 5.32 Å². The molecule has 138 valence electrons. The van der Waals surface area contributed by atoms with Gasteiger partial charge >= 0.3 is 0 Å². The fourth-order valence-electron chi connectivity index (χ4n) is 2.15. The zero-order valence-corrected chi connectivity index (χ0v) is 14.5. The van der Waals surface area contributed by atoms with Crippen molar-refractivity contribution in [3.63, 3.8) is 0 Å². The van der Waals surface area contributed by atoms with Crippen LogP contribution in [0.3, 0.4) is 0 Å². The third kappa shape index (κ3) is 4.53. The summed E-state index contributed by atoms with van der Waals surface area (Å²) < 4.78 is 20.7. The van der Waals surface area contributed by atoms with Crippen molar-refractivity contribution in [3.05, 3.63) is 46.5 Å². The van der Waals surface area contributed by atoms with E-state index in [4.69, 9.17) is 18.9 Å². The molecule has 2 aromatic rings. The number of nitrogens with zero attached hydrogens (tertiary/aromatic N) is 1. The first-order valence-electron chi connectivity index (χ1n) is 7.45. The van der Waals surface area contributed by atoms with Gasteiger partial charge in [0.2, 0.25) is 0 Å². The van der Waals surface area contributed by atoms with Crippen molar-refractivity contribution >= 4 is 17.3 Å². The maximum Gasteiger partial charge on any atom is 0.273 e. The summed E-state index contributed by atoms with van der Waals surface area (Å²) in [5.74, 6) is 0.930. The van der Waals surface area contributed by atoms with E-state index in [1.54, 1.807) is 18.2 Å². The molecule has 0 atom stereocenters. The Balaban J connectivity index is 2.05. The van der Waals surface area contributed by atoms with Crippen LogP contribution in [0.2, 0.25) is 0 Å². The number of non-ortho nitro benzene ring substituents is 1. The van der Waals surface area contributed by atoms with Gasteiger partial charge in [-0.05, 0) is 18.2 Å². The van der Waals surface area contributed by atoms with E-state index in [9.17, 15) is 14.9 Å². The third-order valence-electron chi connectivity index (χ3n) is 3.38. The van der Waals surface area contributed by atoms with Gasteiger partial charge in [-0.3, -0.25) is 14.9 Å². The first-order chi connectivity index (χ1) is 12.5. The van der Waals surface area contributed by atoms with Crippen LogP contribution in [-0.4, -0.2) is 38.8 Å². The van der Waals surface area contributed by atoms with Gasteiger partial charge in [0.05, 0.1) is 32.3 Å². The van der Waals surface area contributed by atoms with Gasteiger partial charge in [-0.25, -0.2) is 0 Å². The number of carbonyl (C=O) groups is 1. The molecule has 0 aromatic heterocycles. The van der Waals surface area contributed by atoms with E-state index >= 15 is 0 Å². The summed E-state index contributed by atoms with van der Waals surface area (Å²) in [6, 6.07) is 8.79. The molecule has 0 unspecified atom stereocenters. The van der Waals surface area contributed by atoms with Crippen LogP contribution in [0, 0.1) is 10.1 Å². The second kappa shape index (κ2) is 8.56. The molecule has 0 heterocycles. The molecule has 0 spiro atoms. The Hall–Kier alpha value is -3.49. The van der Waals surface area contributed by atoms with E-state index in [-0.39, 0.29) is 23.8 Å². The van der Waals surface area contributed by atoms with Crippen LogP contribution in [0.4, 0.5) is 11.4 Å². The van der Waals surface area contributed by atoms with E-state index < -0.39 is 10.8 Å². The first kappa shape index (κ1) is 18.8. The summed E-state index contributed by atoms with van der Waals surface area (Å²) in [7, 11) is 4.40. The summed E-state index contributed by atoms with van der Waals surface area (Å²) in [4.78, 5) is 22.4. The molecule has 0 radical (unpaired) electrons. The normalized spacial score (nSPS) is 9.96. The van der Waals surface area contributed by atoms with E-state index in [1.165, 1.54) is 39.5 Å². The molecule has 9 nitrogen and oxygen atoms in total. The molecule has 26 heavy (non-hydrogen) atoms. The molecule has 0 bridgehead atoms. The van der Waals surface area contributed by atoms with Crippen molar-refractivity contribution in [2.45, 2.75) is 0 Å². The lowest BCUT2D eigenvalue weighted by Gasteiger charge is -2.12. The highest BCUT2D eigenvalue weighted by Gasteiger charge is 2.14. The van der Waals surface area contributed by atoms with Gasteiger partial charge in [0.1, 0.15) is 0 Å². The van der Waals surface area contributed by atoms with E-state index in [1.807, 2.05) is 0 Å². The van der Waals surface area contributed by atoms with Crippen molar-refractivity contribution in [3.8, 4) is 23.0 Å². The zero-order valence-electron chi connectivity index (χ0n) is 14.5. The maximum absolute atomic E-state index is 12.1. The summed E-state index contributed by atoms with van der Waals surface area (Å²) in [5.41, 5.74) is 0.323. The Labute approximate surface area is 149 Å². The largest absolute Gasteiger partial charge is 0.493 e. The van der Waals surface area contributed by atoms with Gasteiger partial charge in [0, 0.05) is 17.8 Å². The minimum atomic E-state index is -0.560. The molecule has 0 saturated heterocycles. The number of nitrogens with one attached hydrogen (secondary N) is 1. The van der Waals surface area contributed by atoms with Crippen LogP contribution in [0.1, 0.15) is 0 Å². The van der Waals surface area contributed by atoms with Crippen molar-refractivity contribution in [1.29, 1.82) is 0 Å². The molecule has 0 aliphatic carbocycles. The lowest BCUT2D eigenvalue weighted by atomic mass is 10.2. The predicted molar refractivity (Wildman–Crippen MR) is 93.3 cm³/mol. The number of nitro groups is 1. The molecular weight excluding hydrogens is 344 g/mol. The highest BCUT2D eigenvalue weighted by atomic mass is 16.6. The third-order valence-corrected chi connectivity index (χ3v) is 3.38. The number of ether oxygens (including phenoxy) is 4. The monoisotopic (exact) mass is 362 g/mol. The van der Waals surface area contributed by atoms with Gasteiger partial charge in [-0.1, -0.05) is 0 Å². The van der Waals surface area contributed by atoms with E-state index in [0.29, 0.717) is 17.2 Å². The number of rotatable bonds is 8. The molecule has 2 aromatic carbocycles. The first-order valence-corrected chi connectivity index (χ1v) is 7.45. The van der Waals surface area contributed by atoms with Gasteiger partial charge in [0.15, 0.2) is 29.6 Å². The highest BCUT2D eigenvalue weighted by molar-refractivity contribution is 5.92. The Kier molecular flexibility index (Phi) is 6.20. The van der Waals surface area contributed by atoms with Crippen LogP contribution in [0.25, 0.3) is 0 Å². The van der Waals surface area contributed by atoms with Crippen molar-refractivity contribution in [1.82, 2.24) is 0 Å². The topological polar surface area (TPSA) is 109 Å². The zero-order chi connectivity index (χ0) is 19.1. The molecule has 1 N–H and O–H groups in total. The van der Waals surface area contributed by atoms with Crippen molar-refractivity contribution in [2.24, 2.45) is 0 Å². The lowest BCUT2D eigenvalue weighted by molar-refractivity contribution is -0.385. The Morgan fingerprint density at radius 2 is 1.58 bits per heavy atom. The number of methoxy groups -OCH3 is 3. The molecule has 0 saturated carbocycles. The number of hydrogen-bond donors (Lipinski definition) is 1. The van der Waals surface area contributed by atoms with Crippen LogP contribution in [0.5, 0.6) is 23.0 Å². The summed E-state index contributed by atoms with van der Waals surface area (Å²) in [6.07, 6.45) is 0. The van der Waals surface area contributed by atoms with Gasteiger partial charge < -0.3 is 24.3 Å².